The molecule has 0 bridgehead atoms. The summed E-state index contributed by atoms with van der Waals surface area (Å²) in [5, 5.41) is 11.7. The molecule has 1 atom stereocenters. The second-order valence-corrected chi connectivity index (χ2v) is 4.78. The summed E-state index contributed by atoms with van der Waals surface area (Å²) in [6.45, 7) is 6.12. The SMILES string of the molecule is CCN(c1ccnc(/C(N)=N/O)c1)C(C)CN(C)C. The van der Waals surface area contributed by atoms with E-state index in [1.807, 2.05) is 12.1 Å². The average Bonchev–Trinajstić information content (AvgIpc) is 2.38. The lowest BCUT2D eigenvalue weighted by Crippen LogP contribution is -2.40. The number of rotatable bonds is 6. The van der Waals surface area contributed by atoms with Gasteiger partial charge in [-0.2, -0.15) is 0 Å². The van der Waals surface area contributed by atoms with Gasteiger partial charge in [0.1, 0.15) is 5.69 Å². The van der Waals surface area contributed by atoms with Gasteiger partial charge in [0.15, 0.2) is 5.84 Å². The molecule has 19 heavy (non-hydrogen) atoms. The molecule has 106 valence electrons. The summed E-state index contributed by atoms with van der Waals surface area (Å²) in [7, 11) is 4.11. The van der Waals surface area contributed by atoms with Crippen LogP contribution in [0.2, 0.25) is 0 Å². The van der Waals surface area contributed by atoms with Crippen LogP contribution in [-0.4, -0.2) is 54.2 Å². The molecule has 0 amide bonds. The number of oxime groups is 1. The maximum atomic E-state index is 8.71. The number of aromatic nitrogens is 1. The van der Waals surface area contributed by atoms with Crippen LogP contribution in [0.5, 0.6) is 0 Å². The van der Waals surface area contributed by atoms with Gasteiger partial charge in [0.05, 0.1) is 0 Å². The fourth-order valence-corrected chi connectivity index (χ4v) is 2.17. The zero-order valence-electron chi connectivity index (χ0n) is 12.0. The Morgan fingerprint density at radius 3 is 2.74 bits per heavy atom. The van der Waals surface area contributed by atoms with Crippen molar-refractivity contribution in [2.75, 3.05) is 32.1 Å². The Morgan fingerprint density at radius 1 is 1.53 bits per heavy atom. The molecule has 0 radical (unpaired) electrons. The third-order valence-corrected chi connectivity index (χ3v) is 2.95. The topological polar surface area (TPSA) is 78.0 Å². The maximum absolute atomic E-state index is 8.71. The second kappa shape index (κ2) is 6.94. The first-order valence-electron chi connectivity index (χ1n) is 6.34. The molecule has 0 aliphatic rings. The predicted molar refractivity (Wildman–Crippen MR) is 77.8 cm³/mol. The smallest absolute Gasteiger partial charge is 0.188 e. The van der Waals surface area contributed by atoms with E-state index in [-0.39, 0.29) is 5.84 Å². The highest BCUT2D eigenvalue weighted by Gasteiger charge is 2.15. The number of likely N-dealkylation sites (N-methyl/N-ethyl adjacent to an activating group) is 2. The third kappa shape index (κ3) is 4.10. The van der Waals surface area contributed by atoms with Crippen LogP contribution in [-0.2, 0) is 0 Å². The molecule has 6 nitrogen and oxygen atoms in total. The van der Waals surface area contributed by atoms with Gasteiger partial charge in [-0.25, -0.2) is 0 Å². The van der Waals surface area contributed by atoms with Crippen LogP contribution in [0.1, 0.15) is 19.5 Å². The number of pyridine rings is 1. The Kier molecular flexibility index (Phi) is 5.57. The maximum Gasteiger partial charge on any atom is 0.188 e. The Labute approximate surface area is 114 Å². The van der Waals surface area contributed by atoms with Crippen LogP contribution >= 0.6 is 0 Å². The third-order valence-electron chi connectivity index (χ3n) is 2.95. The highest BCUT2D eigenvalue weighted by molar-refractivity contribution is 5.95. The molecule has 0 aromatic carbocycles. The van der Waals surface area contributed by atoms with Gasteiger partial charge >= 0.3 is 0 Å². The largest absolute Gasteiger partial charge is 0.409 e. The molecule has 3 N–H and O–H groups in total. The molecular formula is C13H23N5O. The molecule has 1 rings (SSSR count). The van der Waals surface area contributed by atoms with E-state index in [1.165, 1.54) is 0 Å². The number of hydrogen-bond acceptors (Lipinski definition) is 5. The zero-order chi connectivity index (χ0) is 14.4. The van der Waals surface area contributed by atoms with Crippen molar-refractivity contribution in [2.24, 2.45) is 10.9 Å². The van der Waals surface area contributed by atoms with Crippen molar-refractivity contribution in [3.63, 3.8) is 0 Å². The fourth-order valence-electron chi connectivity index (χ4n) is 2.17. The Balaban J connectivity index is 2.98. The molecule has 0 aliphatic carbocycles. The second-order valence-electron chi connectivity index (χ2n) is 4.78. The van der Waals surface area contributed by atoms with Gasteiger partial charge in [-0.15, -0.1) is 0 Å². The summed E-state index contributed by atoms with van der Waals surface area (Å²) in [6, 6.07) is 4.14. The molecule has 0 aliphatic heterocycles. The van der Waals surface area contributed by atoms with Crippen molar-refractivity contribution in [1.29, 1.82) is 0 Å². The van der Waals surface area contributed by atoms with Crippen molar-refractivity contribution in [3.8, 4) is 0 Å². The summed E-state index contributed by atoms with van der Waals surface area (Å²) >= 11 is 0. The Morgan fingerprint density at radius 2 is 2.21 bits per heavy atom. The Hall–Kier alpha value is -1.82. The first-order valence-corrected chi connectivity index (χ1v) is 6.34. The van der Waals surface area contributed by atoms with E-state index in [2.05, 4.69) is 47.9 Å². The highest BCUT2D eigenvalue weighted by Crippen LogP contribution is 2.17. The molecule has 0 spiro atoms. The average molecular weight is 265 g/mol. The van der Waals surface area contributed by atoms with E-state index in [0.717, 1.165) is 18.8 Å². The molecule has 1 heterocycles. The van der Waals surface area contributed by atoms with Crippen LogP contribution < -0.4 is 10.6 Å². The summed E-state index contributed by atoms with van der Waals surface area (Å²) in [6.07, 6.45) is 1.67. The lowest BCUT2D eigenvalue weighted by atomic mass is 10.2. The molecule has 1 unspecified atom stereocenters. The van der Waals surface area contributed by atoms with Gasteiger partial charge in [-0.05, 0) is 40.1 Å². The fraction of sp³-hybridized carbons (Fsp3) is 0.538. The van der Waals surface area contributed by atoms with Crippen LogP contribution in [0.15, 0.2) is 23.5 Å². The molecule has 1 aromatic rings. The minimum atomic E-state index is 0.0261. The van der Waals surface area contributed by atoms with Crippen molar-refractivity contribution in [2.45, 2.75) is 19.9 Å². The van der Waals surface area contributed by atoms with Gasteiger partial charge < -0.3 is 20.7 Å². The molecule has 0 fully saturated rings. The summed E-state index contributed by atoms with van der Waals surface area (Å²) in [4.78, 5) is 8.51. The minimum Gasteiger partial charge on any atom is -0.409 e. The van der Waals surface area contributed by atoms with Crippen LogP contribution in [0.4, 0.5) is 5.69 Å². The standard InChI is InChI=1S/C13H23N5O/c1-5-18(10(2)9-17(3)4)11-6-7-15-12(8-11)13(14)16-19/h6-8,10,19H,5,9H2,1-4H3,(H2,14,16). The van der Waals surface area contributed by atoms with Crippen LogP contribution in [0.3, 0.4) is 0 Å². The number of nitrogens with zero attached hydrogens (tertiary/aromatic N) is 4. The number of anilines is 1. The van der Waals surface area contributed by atoms with E-state index < -0.39 is 0 Å². The highest BCUT2D eigenvalue weighted by atomic mass is 16.4. The van der Waals surface area contributed by atoms with E-state index in [0.29, 0.717) is 11.7 Å². The van der Waals surface area contributed by atoms with Gasteiger partial charge in [0.2, 0.25) is 0 Å². The first-order chi connectivity index (χ1) is 8.99. The summed E-state index contributed by atoms with van der Waals surface area (Å²) in [5.41, 5.74) is 7.08. The van der Waals surface area contributed by atoms with Crippen molar-refractivity contribution >= 4 is 11.5 Å². The zero-order valence-corrected chi connectivity index (χ0v) is 12.0. The lowest BCUT2D eigenvalue weighted by molar-refractivity contribution is 0.318. The monoisotopic (exact) mass is 265 g/mol. The van der Waals surface area contributed by atoms with Gasteiger partial charge in [0, 0.05) is 31.0 Å². The van der Waals surface area contributed by atoms with Gasteiger partial charge in [-0.1, -0.05) is 5.16 Å². The first kappa shape index (κ1) is 15.2. The van der Waals surface area contributed by atoms with Gasteiger partial charge in [0.25, 0.3) is 0 Å². The predicted octanol–water partition coefficient (Wildman–Crippen LogP) is 0.952. The number of amidine groups is 1. The Bertz CT molecular complexity index is 433. The van der Waals surface area contributed by atoms with E-state index in [1.54, 1.807) is 6.20 Å². The molecule has 0 saturated heterocycles. The molecule has 0 saturated carbocycles. The van der Waals surface area contributed by atoms with E-state index in [9.17, 15) is 0 Å². The lowest BCUT2D eigenvalue weighted by Gasteiger charge is -2.32. The quantitative estimate of drug-likeness (QED) is 0.346. The normalized spacial score (nSPS) is 13.6. The van der Waals surface area contributed by atoms with Crippen LogP contribution in [0.25, 0.3) is 0 Å². The minimum absolute atomic E-state index is 0.0261. The van der Waals surface area contributed by atoms with E-state index >= 15 is 0 Å². The van der Waals surface area contributed by atoms with Crippen LogP contribution in [0, 0.1) is 0 Å². The molecular weight excluding hydrogens is 242 g/mol. The summed E-state index contributed by atoms with van der Waals surface area (Å²) < 4.78 is 0. The number of hydrogen-bond donors (Lipinski definition) is 2. The van der Waals surface area contributed by atoms with E-state index in [4.69, 9.17) is 10.9 Å². The van der Waals surface area contributed by atoms with Crippen molar-refractivity contribution in [3.05, 3.63) is 24.0 Å². The van der Waals surface area contributed by atoms with Crippen molar-refractivity contribution < 1.29 is 5.21 Å². The summed E-state index contributed by atoms with van der Waals surface area (Å²) in [5.74, 6) is 0.0261. The molecule has 1 aromatic heterocycles. The van der Waals surface area contributed by atoms with Gasteiger partial charge in [-0.3, -0.25) is 4.98 Å². The number of nitrogens with two attached hydrogens (primary N) is 1. The molecule has 6 heteroatoms. The van der Waals surface area contributed by atoms with Crippen molar-refractivity contribution in [1.82, 2.24) is 9.88 Å².